The van der Waals surface area contributed by atoms with E-state index in [9.17, 15) is 9.59 Å². The number of quaternary nitrogens is 1. The fourth-order valence-corrected chi connectivity index (χ4v) is 7.09. The zero-order valence-corrected chi connectivity index (χ0v) is 19.9. The smallest absolute Gasteiger partial charge is 0.317 e. The first-order chi connectivity index (χ1) is 16.1. The second kappa shape index (κ2) is 9.50. The van der Waals surface area contributed by atoms with E-state index in [1.165, 1.54) is 12.8 Å². The van der Waals surface area contributed by atoms with Crippen LogP contribution in [0.1, 0.15) is 56.2 Å². The number of thiophene rings is 1. The highest BCUT2D eigenvalue weighted by molar-refractivity contribution is 7.10. The first-order valence-electron chi connectivity index (χ1n) is 12.3. The highest BCUT2D eigenvalue weighted by Crippen LogP contribution is 2.43. The molecule has 4 fully saturated rings. The number of esters is 1. The number of nitrogens with one attached hydrogen (secondary N) is 1. The minimum Gasteiger partial charge on any atom is -0.455 e. The molecule has 1 atom stereocenters. The van der Waals surface area contributed by atoms with Crippen molar-refractivity contribution in [3.8, 4) is 0 Å². The van der Waals surface area contributed by atoms with Crippen molar-refractivity contribution in [2.75, 3.05) is 31.5 Å². The van der Waals surface area contributed by atoms with Crippen LogP contribution < -0.4 is 5.32 Å². The Bertz CT molecular complexity index is 949. The Balaban J connectivity index is 1.28. The zero-order valence-electron chi connectivity index (χ0n) is 19.1. The summed E-state index contributed by atoms with van der Waals surface area (Å²) >= 11 is 1.68. The Kier molecular flexibility index (Phi) is 6.47. The Labute approximate surface area is 199 Å². The predicted octanol–water partition coefficient (Wildman–Crippen LogP) is 3.92. The van der Waals surface area contributed by atoms with Crippen molar-refractivity contribution in [1.82, 2.24) is 10.2 Å². The van der Waals surface area contributed by atoms with Crippen LogP contribution in [0.15, 0.2) is 35.8 Å². The number of nitrogens with zero attached hydrogens (tertiary/aromatic N) is 3. The van der Waals surface area contributed by atoms with Crippen LogP contribution in [0.5, 0.6) is 0 Å². The van der Waals surface area contributed by atoms with Gasteiger partial charge in [-0.05, 0) is 36.4 Å². The SMILES string of the molecule is O=C(C[N+]12CCC(CC1)[C@@H](OC(=O)C1(c3cccs3)CCCCCC1)C2)Nc1cccnn1. The minimum atomic E-state index is -0.495. The molecule has 3 saturated heterocycles. The summed E-state index contributed by atoms with van der Waals surface area (Å²) in [6.45, 7) is 3.03. The van der Waals surface area contributed by atoms with Crippen molar-refractivity contribution in [3.63, 3.8) is 0 Å². The van der Waals surface area contributed by atoms with E-state index >= 15 is 0 Å². The molecule has 8 heteroatoms. The quantitative estimate of drug-likeness (QED) is 0.394. The highest BCUT2D eigenvalue weighted by atomic mass is 32.1. The van der Waals surface area contributed by atoms with Gasteiger partial charge in [-0.3, -0.25) is 9.59 Å². The molecule has 3 aliphatic heterocycles. The molecular weight excluding hydrogens is 436 g/mol. The van der Waals surface area contributed by atoms with Crippen LogP contribution >= 0.6 is 11.3 Å². The molecule has 2 aromatic rings. The van der Waals surface area contributed by atoms with E-state index in [4.69, 9.17) is 4.74 Å². The van der Waals surface area contributed by atoms with Gasteiger partial charge in [0.05, 0.1) is 13.1 Å². The number of carbonyl (C=O) groups excluding carboxylic acids is 2. The maximum absolute atomic E-state index is 13.8. The van der Waals surface area contributed by atoms with Gasteiger partial charge in [0, 0.05) is 29.8 Å². The molecule has 1 amide bonds. The molecule has 176 valence electrons. The molecule has 1 saturated carbocycles. The van der Waals surface area contributed by atoms with Crippen molar-refractivity contribution in [3.05, 3.63) is 40.7 Å². The number of aromatic nitrogens is 2. The van der Waals surface area contributed by atoms with Crippen LogP contribution in [-0.2, 0) is 19.7 Å². The van der Waals surface area contributed by atoms with Crippen LogP contribution in [-0.4, -0.2) is 58.8 Å². The third kappa shape index (κ3) is 4.68. The molecule has 0 radical (unpaired) electrons. The summed E-state index contributed by atoms with van der Waals surface area (Å²) in [6.07, 6.45) is 9.76. The third-order valence-corrected chi connectivity index (χ3v) is 9.03. The maximum atomic E-state index is 13.8. The summed E-state index contributed by atoms with van der Waals surface area (Å²) in [5.41, 5.74) is -0.495. The Hall–Kier alpha value is -2.32. The summed E-state index contributed by atoms with van der Waals surface area (Å²) in [5, 5.41) is 12.7. The molecule has 1 aliphatic carbocycles. The Morgan fingerprint density at radius 2 is 1.91 bits per heavy atom. The van der Waals surface area contributed by atoms with Gasteiger partial charge < -0.3 is 14.5 Å². The Morgan fingerprint density at radius 1 is 1.12 bits per heavy atom. The highest BCUT2D eigenvalue weighted by Gasteiger charge is 2.51. The summed E-state index contributed by atoms with van der Waals surface area (Å²) in [6, 6.07) is 7.66. The van der Waals surface area contributed by atoms with E-state index in [-0.39, 0.29) is 18.0 Å². The van der Waals surface area contributed by atoms with Crippen molar-refractivity contribution < 1.29 is 18.8 Å². The average molecular weight is 470 g/mol. The van der Waals surface area contributed by atoms with Crippen LogP contribution in [0.3, 0.4) is 0 Å². The molecule has 0 unspecified atom stereocenters. The number of amides is 1. The zero-order chi connectivity index (χ0) is 22.7. The van der Waals surface area contributed by atoms with Gasteiger partial charge in [-0.25, -0.2) is 0 Å². The van der Waals surface area contributed by atoms with Gasteiger partial charge in [-0.1, -0.05) is 31.7 Å². The number of ether oxygens (including phenoxy) is 1. The second-order valence-electron chi connectivity index (χ2n) is 10.0. The average Bonchev–Trinajstić information content (AvgIpc) is 3.25. The summed E-state index contributed by atoms with van der Waals surface area (Å²) in [5.74, 6) is 0.789. The molecular formula is C25H33N4O3S+. The van der Waals surface area contributed by atoms with E-state index in [0.717, 1.165) is 63.0 Å². The number of hydrogen-bond donors (Lipinski definition) is 1. The van der Waals surface area contributed by atoms with E-state index in [1.54, 1.807) is 29.7 Å². The van der Waals surface area contributed by atoms with Gasteiger partial charge in [0.2, 0.25) is 0 Å². The number of anilines is 1. The minimum absolute atomic E-state index is 0.0345. The summed E-state index contributed by atoms with van der Waals surface area (Å²) in [4.78, 5) is 27.7. The number of fused-ring (bicyclic) bond motifs is 3. The lowest BCUT2D eigenvalue weighted by Crippen LogP contribution is -2.66. The van der Waals surface area contributed by atoms with E-state index < -0.39 is 5.41 Å². The van der Waals surface area contributed by atoms with Gasteiger partial charge in [0.25, 0.3) is 5.91 Å². The lowest BCUT2D eigenvalue weighted by atomic mass is 9.78. The normalized spacial score (nSPS) is 28.6. The molecule has 6 rings (SSSR count). The molecule has 5 heterocycles. The van der Waals surface area contributed by atoms with Gasteiger partial charge in [-0.2, -0.15) is 5.10 Å². The lowest BCUT2D eigenvalue weighted by Gasteiger charge is -2.52. The Morgan fingerprint density at radius 3 is 2.58 bits per heavy atom. The largest absolute Gasteiger partial charge is 0.455 e. The molecule has 0 spiro atoms. The molecule has 33 heavy (non-hydrogen) atoms. The fourth-order valence-electron chi connectivity index (χ4n) is 6.12. The van der Waals surface area contributed by atoms with Crippen molar-refractivity contribution in [2.45, 2.75) is 62.9 Å². The van der Waals surface area contributed by atoms with E-state index in [1.807, 2.05) is 6.07 Å². The second-order valence-corrected chi connectivity index (χ2v) is 11.0. The van der Waals surface area contributed by atoms with E-state index in [2.05, 4.69) is 27.0 Å². The van der Waals surface area contributed by atoms with Crippen molar-refractivity contribution in [1.29, 1.82) is 0 Å². The van der Waals surface area contributed by atoms with Gasteiger partial charge in [0.1, 0.15) is 12.0 Å². The molecule has 4 aliphatic rings. The lowest BCUT2D eigenvalue weighted by molar-refractivity contribution is -0.939. The number of piperidine rings is 3. The van der Waals surface area contributed by atoms with Crippen LogP contribution in [0.25, 0.3) is 0 Å². The molecule has 1 N–H and O–H groups in total. The first-order valence-corrected chi connectivity index (χ1v) is 13.1. The standard InChI is InChI=1S/C25H32N4O3S/c30-23(27-22-8-5-13-26-28-22)18-29-14-9-19(10-15-29)20(17-29)32-24(31)25(21-7-6-16-33-21)11-3-1-2-4-12-25/h5-8,13,16,19-20H,1-4,9-12,14-15,17-18H2/p+1/t19?,20-,29?/m0/s1. The first kappa shape index (κ1) is 22.5. The topological polar surface area (TPSA) is 81.2 Å². The third-order valence-electron chi connectivity index (χ3n) is 7.96. The summed E-state index contributed by atoms with van der Waals surface area (Å²) < 4.78 is 7.06. The molecule has 2 bridgehead atoms. The molecule has 0 aromatic carbocycles. The van der Waals surface area contributed by atoms with Gasteiger partial charge in [0.15, 0.2) is 18.5 Å². The summed E-state index contributed by atoms with van der Waals surface area (Å²) in [7, 11) is 0. The van der Waals surface area contributed by atoms with Crippen molar-refractivity contribution >= 4 is 29.0 Å². The van der Waals surface area contributed by atoms with Gasteiger partial charge in [-0.15, -0.1) is 16.4 Å². The monoisotopic (exact) mass is 469 g/mol. The molecule has 7 nitrogen and oxygen atoms in total. The fraction of sp³-hybridized carbons (Fsp3) is 0.600. The van der Waals surface area contributed by atoms with E-state index in [0.29, 0.717) is 22.8 Å². The predicted molar refractivity (Wildman–Crippen MR) is 127 cm³/mol. The van der Waals surface area contributed by atoms with Crippen LogP contribution in [0.4, 0.5) is 5.82 Å². The van der Waals surface area contributed by atoms with Crippen LogP contribution in [0, 0.1) is 5.92 Å². The van der Waals surface area contributed by atoms with Crippen molar-refractivity contribution in [2.24, 2.45) is 5.92 Å². The number of hydrogen-bond acceptors (Lipinski definition) is 6. The maximum Gasteiger partial charge on any atom is 0.317 e. The molecule has 2 aromatic heterocycles. The van der Waals surface area contributed by atoms with Crippen LogP contribution in [0.2, 0.25) is 0 Å². The van der Waals surface area contributed by atoms with Gasteiger partial charge >= 0.3 is 5.97 Å². The number of carbonyl (C=O) groups is 2. The number of rotatable bonds is 6.